The van der Waals surface area contributed by atoms with E-state index in [1.54, 1.807) is 6.07 Å². The maximum absolute atomic E-state index is 6.10. The predicted molar refractivity (Wildman–Crippen MR) is 77.1 cm³/mol. The summed E-state index contributed by atoms with van der Waals surface area (Å²) in [6.07, 6.45) is 6.56. The van der Waals surface area contributed by atoms with Crippen molar-refractivity contribution in [3.63, 3.8) is 0 Å². The summed E-state index contributed by atoms with van der Waals surface area (Å²) >= 11 is 12.0. The molecule has 0 aliphatic heterocycles. The van der Waals surface area contributed by atoms with Gasteiger partial charge in [-0.05, 0) is 24.8 Å². The van der Waals surface area contributed by atoms with Gasteiger partial charge in [-0.25, -0.2) is 10.8 Å². The molecule has 1 fully saturated rings. The number of rotatable bonds is 4. The van der Waals surface area contributed by atoms with Gasteiger partial charge in [-0.1, -0.05) is 42.5 Å². The maximum Gasteiger partial charge on any atom is 0.161 e. The van der Waals surface area contributed by atoms with Gasteiger partial charge >= 0.3 is 0 Å². The summed E-state index contributed by atoms with van der Waals surface area (Å²) in [7, 11) is 0. The zero-order valence-electron chi connectivity index (χ0n) is 10.2. The van der Waals surface area contributed by atoms with Gasteiger partial charge < -0.3 is 10.7 Å². The van der Waals surface area contributed by atoms with Crippen molar-refractivity contribution in [2.24, 2.45) is 11.8 Å². The monoisotopic (exact) mass is 288 g/mol. The number of hydrogen-bond donors (Lipinski definition) is 3. The van der Waals surface area contributed by atoms with E-state index >= 15 is 0 Å². The first-order valence-electron chi connectivity index (χ1n) is 6.27. The van der Waals surface area contributed by atoms with Gasteiger partial charge in [-0.15, -0.1) is 0 Å². The minimum absolute atomic E-state index is 0.422. The molecule has 0 unspecified atom stereocenters. The van der Waals surface area contributed by atoms with Crippen molar-refractivity contribution in [1.29, 1.82) is 0 Å². The first-order valence-corrected chi connectivity index (χ1v) is 7.03. The number of hydrazine groups is 1. The molecule has 0 amide bonds. The summed E-state index contributed by atoms with van der Waals surface area (Å²) < 4.78 is 0. The van der Waals surface area contributed by atoms with Crippen LogP contribution in [0.25, 0.3) is 0 Å². The quantitative estimate of drug-likeness (QED) is 0.584. The van der Waals surface area contributed by atoms with Crippen molar-refractivity contribution >= 4 is 34.8 Å². The molecule has 1 aliphatic rings. The van der Waals surface area contributed by atoms with Crippen molar-refractivity contribution in [2.45, 2.75) is 32.1 Å². The summed E-state index contributed by atoms with van der Waals surface area (Å²) in [5.74, 6) is 7.13. The van der Waals surface area contributed by atoms with E-state index < -0.39 is 0 Å². The van der Waals surface area contributed by atoms with Crippen molar-refractivity contribution < 1.29 is 0 Å². The van der Waals surface area contributed by atoms with E-state index in [1.807, 2.05) is 0 Å². The van der Waals surface area contributed by atoms with Crippen LogP contribution in [0.3, 0.4) is 0 Å². The largest absolute Gasteiger partial charge is 0.368 e. The molecule has 1 aliphatic carbocycles. The first kappa shape index (κ1) is 13.7. The lowest BCUT2D eigenvalue weighted by atomic mass is 9.89. The lowest BCUT2D eigenvalue weighted by Crippen LogP contribution is -2.18. The fraction of sp³-hybridized carbons (Fsp3) is 0.583. The standard InChI is InChI=1S/C12H18Cl2N4/c13-9-6-10(14)12(18-15)17-11(9)16-7-8-4-2-1-3-5-8/h6,8H,1-5,7,15H2,(H2,16,17,18). The maximum atomic E-state index is 6.10. The van der Waals surface area contributed by atoms with E-state index in [2.05, 4.69) is 15.7 Å². The molecule has 18 heavy (non-hydrogen) atoms. The predicted octanol–water partition coefficient (Wildman–Crippen LogP) is 3.67. The average Bonchev–Trinajstić information content (AvgIpc) is 2.39. The van der Waals surface area contributed by atoms with Gasteiger partial charge in [-0.3, -0.25) is 0 Å². The Labute approximate surface area is 117 Å². The third-order valence-electron chi connectivity index (χ3n) is 3.35. The number of hydrogen-bond acceptors (Lipinski definition) is 4. The van der Waals surface area contributed by atoms with Crippen LogP contribution in [-0.2, 0) is 0 Å². The Hall–Kier alpha value is -0.710. The number of nitrogen functional groups attached to an aromatic ring is 1. The molecule has 1 aromatic heterocycles. The fourth-order valence-electron chi connectivity index (χ4n) is 2.32. The summed E-state index contributed by atoms with van der Waals surface area (Å²) in [5.41, 5.74) is 2.46. The summed E-state index contributed by atoms with van der Waals surface area (Å²) in [6, 6.07) is 1.65. The van der Waals surface area contributed by atoms with Gasteiger partial charge in [-0.2, -0.15) is 0 Å². The Balaban J connectivity index is 1.99. The number of nitrogens with zero attached hydrogens (tertiary/aromatic N) is 1. The van der Waals surface area contributed by atoms with E-state index in [-0.39, 0.29) is 0 Å². The zero-order chi connectivity index (χ0) is 13.0. The molecule has 0 aromatic carbocycles. The van der Waals surface area contributed by atoms with E-state index in [9.17, 15) is 0 Å². The molecular weight excluding hydrogens is 271 g/mol. The third kappa shape index (κ3) is 3.40. The lowest BCUT2D eigenvalue weighted by Gasteiger charge is -2.22. The van der Waals surface area contributed by atoms with Crippen LogP contribution in [0.1, 0.15) is 32.1 Å². The van der Waals surface area contributed by atoms with Gasteiger partial charge in [0.2, 0.25) is 0 Å². The van der Waals surface area contributed by atoms with Crippen LogP contribution in [0.15, 0.2) is 6.07 Å². The highest BCUT2D eigenvalue weighted by Gasteiger charge is 2.14. The van der Waals surface area contributed by atoms with E-state index in [4.69, 9.17) is 29.0 Å². The summed E-state index contributed by atoms with van der Waals surface area (Å²) in [4.78, 5) is 4.26. The van der Waals surface area contributed by atoms with Crippen LogP contribution in [0.4, 0.5) is 11.6 Å². The SMILES string of the molecule is NNc1nc(NCC2CCCCC2)c(Cl)cc1Cl. The van der Waals surface area contributed by atoms with Crippen LogP contribution in [0, 0.1) is 5.92 Å². The van der Waals surface area contributed by atoms with Crippen molar-refractivity contribution in [3.8, 4) is 0 Å². The van der Waals surface area contributed by atoms with Gasteiger partial charge in [0, 0.05) is 6.54 Å². The Morgan fingerprint density at radius 1 is 1.17 bits per heavy atom. The fourth-order valence-corrected chi connectivity index (χ4v) is 2.80. The Morgan fingerprint density at radius 3 is 2.50 bits per heavy atom. The van der Waals surface area contributed by atoms with Gasteiger partial charge in [0.15, 0.2) is 5.82 Å². The van der Waals surface area contributed by atoms with Gasteiger partial charge in [0.25, 0.3) is 0 Å². The number of nitrogens with one attached hydrogen (secondary N) is 2. The molecule has 0 saturated heterocycles. The topological polar surface area (TPSA) is 63.0 Å². The number of aromatic nitrogens is 1. The van der Waals surface area contributed by atoms with Crippen LogP contribution in [-0.4, -0.2) is 11.5 Å². The number of anilines is 2. The van der Waals surface area contributed by atoms with E-state index in [0.717, 1.165) is 6.54 Å². The Kier molecular flexibility index (Phi) is 4.92. The van der Waals surface area contributed by atoms with E-state index in [0.29, 0.717) is 27.6 Å². The minimum atomic E-state index is 0.422. The smallest absolute Gasteiger partial charge is 0.161 e. The number of pyridine rings is 1. The second-order valence-corrected chi connectivity index (χ2v) is 5.49. The van der Waals surface area contributed by atoms with E-state index in [1.165, 1.54) is 32.1 Å². The average molecular weight is 289 g/mol. The Morgan fingerprint density at radius 2 is 1.83 bits per heavy atom. The van der Waals surface area contributed by atoms with Crippen molar-refractivity contribution in [3.05, 3.63) is 16.1 Å². The van der Waals surface area contributed by atoms with Crippen molar-refractivity contribution in [1.82, 2.24) is 4.98 Å². The molecule has 1 aromatic rings. The van der Waals surface area contributed by atoms with Crippen LogP contribution < -0.4 is 16.6 Å². The molecule has 4 N–H and O–H groups in total. The Bertz CT molecular complexity index is 405. The second kappa shape index (κ2) is 6.45. The van der Waals surface area contributed by atoms with Gasteiger partial charge in [0.05, 0.1) is 10.0 Å². The van der Waals surface area contributed by atoms with Crippen molar-refractivity contribution in [2.75, 3.05) is 17.3 Å². The number of nitrogens with two attached hydrogens (primary N) is 1. The molecule has 100 valence electrons. The molecular formula is C12H18Cl2N4. The normalized spacial score (nSPS) is 16.6. The molecule has 0 atom stereocenters. The molecule has 1 heterocycles. The molecule has 0 spiro atoms. The molecule has 1 saturated carbocycles. The molecule has 4 nitrogen and oxygen atoms in total. The first-order chi connectivity index (χ1) is 8.70. The van der Waals surface area contributed by atoms with Crippen LogP contribution >= 0.6 is 23.2 Å². The summed E-state index contributed by atoms with van der Waals surface area (Å²) in [5, 5.41) is 4.23. The van der Waals surface area contributed by atoms with Crippen LogP contribution in [0.5, 0.6) is 0 Å². The van der Waals surface area contributed by atoms with Crippen LogP contribution in [0.2, 0.25) is 10.0 Å². The lowest BCUT2D eigenvalue weighted by molar-refractivity contribution is 0.373. The molecule has 0 radical (unpaired) electrons. The minimum Gasteiger partial charge on any atom is -0.368 e. The zero-order valence-corrected chi connectivity index (χ0v) is 11.7. The summed E-state index contributed by atoms with van der Waals surface area (Å²) in [6.45, 7) is 0.901. The molecule has 6 heteroatoms. The van der Waals surface area contributed by atoms with Gasteiger partial charge in [0.1, 0.15) is 5.82 Å². The molecule has 2 rings (SSSR count). The molecule has 0 bridgehead atoms. The second-order valence-electron chi connectivity index (χ2n) is 4.68. The number of halogens is 2. The highest BCUT2D eigenvalue weighted by molar-refractivity contribution is 6.37. The highest BCUT2D eigenvalue weighted by atomic mass is 35.5. The highest BCUT2D eigenvalue weighted by Crippen LogP contribution is 2.30. The third-order valence-corrected chi connectivity index (χ3v) is 3.93.